The zero-order valence-electron chi connectivity index (χ0n) is 14.5. The van der Waals surface area contributed by atoms with E-state index in [9.17, 15) is 9.59 Å². The van der Waals surface area contributed by atoms with Gasteiger partial charge in [0.1, 0.15) is 5.60 Å². The van der Waals surface area contributed by atoms with E-state index < -0.39 is 5.60 Å². The van der Waals surface area contributed by atoms with Crippen LogP contribution in [0.5, 0.6) is 0 Å². The second-order valence-electron chi connectivity index (χ2n) is 7.60. The van der Waals surface area contributed by atoms with E-state index in [2.05, 4.69) is 15.9 Å². The molecule has 0 N–H and O–H groups in total. The number of amides is 2. The van der Waals surface area contributed by atoms with Crippen LogP contribution in [0.25, 0.3) is 0 Å². The monoisotopic (exact) mass is 394 g/mol. The summed E-state index contributed by atoms with van der Waals surface area (Å²) < 4.78 is 6.40. The number of carbonyl (C=O) groups is 2. The number of hydrogen-bond acceptors (Lipinski definition) is 3. The number of nitrogens with zero attached hydrogens (tertiary/aromatic N) is 2. The predicted octanol–water partition coefficient (Wildman–Crippen LogP) is 3.80. The lowest BCUT2D eigenvalue weighted by Crippen LogP contribution is -2.55. The molecule has 1 aliphatic heterocycles. The van der Waals surface area contributed by atoms with Gasteiger partial charge in [-0.05, 0) is 57.4 Å². The van der Waals surface area contributed by atoms with Gasteiger partial charge < -0.3 is 14.5 Å². The highest BCUT2D eigenvalue weighted by Crippen LogP contribution is 2.36. The van der Waals surface area contributed by atoms with Crippen LogP contribution in [0.2, 0.25) is 0 Å². The zero-order valence-corrected chi connectivity index (χ0v) is 16.1. The molecule has 0 radical (unpaired) electrons. The standard InChI is InChI=1S/C18H23BrN2O3/c1-18(2,3)24-17(23)20(4)13-8-14(9-13)21-10-11-7-12(19)5-6-15(11)16(21)22/h5-7,13-14H,8-10H2,1-4H3. The third-order valence-electron chi connectivity index (χ3n) is 4.66. The minimum absolute atomic E-state index is 0.0980. The lowest BCUT2D eigenvalue weighted by molar-refractivity contribution is -0.00146. The second kappa shape index (κ2) is 6.06. The molecular weight excluding hydrogens is 372 g/mol. The number of halogens is 1. The number of fused-ring (bicyclic) bond motifs is 1. The van der Waals surface area contributed by atoms with E-state index in [1.54, 1.807) is 11.9 Å². The maximum absolute atomic E-state index is 12.5. The highest BCUT2D eigenvalue weighted by Gasteiger charge is 2.43. The molecule has 24 heavy (non-hydrogen) atoms. The molecule has 1 aliphatic carbocycles. The van der Waals surface area contributed by atoms with Crippen molar-refractivity contribution in [2.24, 2.45) is 0 Å². The first-order valence-corrected chi connectivity index (χ1v) is 9.00. The number of carbonyl (C=O) groups excluding carboxylic acids is 2. The van der Waals surface area contributed by atoms with Crippen molar-refractivity contribution >= 4 is 27.9 Å². The van der Waals surface area contributed by atoms with E-state index in [0.717, 1.165) is 28.4 Å². The number of ether oxygens (including phenoxy) is 1. The van der Waals surface area contributed by atoms with Crippen molar-refractivity contribution in [2.45, 2.75) is 57.8 Å². The molecule has 2 aliphatic rings. The highest BCUT2D eigenvalue weighted by molar-refractivity contribution is 9.10. The first-order chi connectivity index (χ1) is 11.2. The van der Waals surface area contributed by atoms with Gasteiger partial charge in [-0.2, -0.15) is 0 Å². The molecule has 6 heteroatoms. The van der Waals surface area contributed by atoms with E-state index in [4.69, 9.17) is 4.74 Å². The maximum Gasteiger partial charge on any atom is 0.410 e. The van der Waals surface area contributed by atoms with Crippen LogP contribution >= 0.6 is 15.9 Å². The van der Waals surface area contributed by atoms with Gasteiger partial charge in [0, 0.05) is 35.7 Å². The third-order valence-corrected chi connectivity index (χ3v) is 5.15. The molecule has 0 spiro atoms. The van der Waals surface area contributed by atoms with E-state index in [1.165, 1.54) is 0 Å². The van der Waals surface area contributed by atoms with Crippen molar-refractivity contribution in [1.82, 2.24) is 9.80 Å². The third kappa shape index (κ3) is 3.29. The predicted molar refractivity (Wildman–Crippen MR) is 94.8 cm³/mol. The Morgan fingerprint density at radius 1 is 1.33 bits per heavy atom. The minimum atomic E-state index is -0.492. The van der Waals surface area contributed by atoms with Gasteiger partial charge in [0.05, 0.1) is 0 Å². The van der Waals surface area contributed by atoms with Crippen molar-refractivity contribution in [3.63, 3.8) is 0 Å². The summed E-state index contributed by atoms with van der Waals surface area (Å²) in [4.78, 5) is 28.3. The zero-order chi connectivity index (χ0) is 17.6. The van der Waals surface area contributed by atoms with E-state index in [1.807, 2.05) is 43.9 Å². The summed E-state index contributed by atoms with van der Waals surface area (Å²) in [5.74, 6) is 0.0980. The van der Waals surface area contributed by atoms with Gasteiger partial charge in [-0.15, -0.1) is 0 Å². The molecule has 1 saturated carbocycles. The molecule has 1 aromatic rings. The molecule has 0 aromatic heterocycles. The summed E-state index contributed by atoms with van der Waals surface area (Å²) >= 11 is 3.45. The van der Waals surface area contributed by atoms with Gasteiger partial charge in [-0.25, -0.2) is 4.79 Å². The molecule has 2 amide bonds. The topological polar surface area (TPSA) is 49.9 Å². The van der Waals surface area contributed by atoms with Gasteiger partial charge in [0.2, 0.25) is 0 Å². The Morgan fingerprint density at radius 3 is 2.62 bits per heavy atom. The van der Waals surface area contributed by atoms with Crippen LogP contribution in [0.3, 0.4) is 0 Å². The van der Waals surface area contributed by atoms with Crippen LogP contribution in [-0.2, 0) is 11.3 Å². The molecule has 0 saturated heterocycles. The molecular formula is C18H23BrN2O3. The molecule has 0 unspecified atom stereocenters. The SMILES string of the molecule is CN(C(=O)OC(C)(C)C)C1CC(N2Cc3cc(Br)ccc3C2=O)C1. The first-order valence-electron chi connectivity index (χ1n) is 8.21. The molecule has 1 aromatic carbocycles. The average Bonchev–Trinajstić information content (AvgIpc) is 2.71. The number of hydrogen-bond donors (Lipinski definition) is 0. The van der Waals surface area contributed by atoms with Gasteiger partial charge in [-0.3, -0.25) is 4.79 Å². The van der Waals surface area contributed by atoms with Crippen LogP contribution < -0.4 is 0 Å². The molecule has 1 heterocycles. The summed E-state index contributed by atoms with van der Waals surface area (Å²) in [5, 5.41) is 0. The Hall–Kier alpha value is -1.56. The molecule has 0 atom stereocenters. The van der Waals surface area contributed by atoms with Crippen LogP contribution in [0.1, 0.15) is 49.5 Å². The number of rotatable bonds is 2. The van der Waals surface area contributed by atoms with Gasteiger partial charge in [0.25, 0.3) is 5.91 Å². The first kappa shape index (κ1) is 17.3. The summed E-state index contributed by atoms with van der Waals surface area (Å²) in [6.45, 7) is 6.24. The van der Waals surface area contributed by atoms with E-state index in [-0.39, 0.29) is 24.1 Å². The quantitative estimate of drug-likeness (QED) is 0.766. The lowest BCUT2D eigenvalue weighted by Gasteiger charge is -2.45. The van der Waals surface area contributed by atoms with Crippen molar-refractivity contribution in [3.05, 3.63) is 33.8 Å². The normalized spacial score (nSPS) is 22.9. The van der Waals surface area contributed by atoms with Crippen LogP contribution in [-0.4, -0.2) is 46.5 Å². The van der Waals surface area contributed by atoms with Gasteiger partial charge >= 0.3 is 6.09 Å². The van der Waals surface area contributed by atoms with Crippen molar-refractivity contribution in [1.29, 1.82) is 0 Å². The fraction of sp³-hybridized carbons (Fsp3) is 0.556. The van der Waals surface area contributed by atoms with Gasteiger partial charge in [-0.1, -0.05) is 15.9 Å². The fourth-order valence-corrected chi connectivity index (χ4v) is 3.63. The highest BCUT2D eigenvalue weighted by atomic mass is 79.9. The van der Waals surface area contributed by atoms with Crippen molar-refractivity contribution in [2.75, 3.05) is 7.05 Å². The Morgan fingerprint density at radius 2 is 2.00 bits per heavy atom. The molecule has 1 fully saturated rings. The minimum Gasteiger partial charge on any atom is -0.444 e. The molecule has 5 nitrogen and oxygen atoms in total. The smallest absolute Gasteiger partial charge is 0.410 e. The Bertz CT molecular complexity index is 677. The fourth-order valence-electron chi connectivity index (χ4n) is 3.22. The average molecular weight is 395 g/mol. The largest absolute Gasteiger partial charge is 0.444 e. The maximum atomic E-state index is 12.5. The van der Waals surface area contributed by atoms with Crippen LogP contribution in [0, 0.1) is 0 Å². The van der Waals surface area contributed by atoms with Crippen molar-refractivity contribution in [3.8, 4) is 0 Å². The number of benzene rings is 1. The van der Waals surface area contributed by atoms with Gasteiger partial charge in [0.15, 0.2) is 0 Å². The Balaban J connectivity index is 1.58. The second-order valence-corrected chi connectivity index (χ2v) is 8.52. The lowest BCUT2D eigenvalue weighted by atomic mass is 9.84. The van der Waals surface area contributed by atoms with Crippen LogP contribution in [0.4, 0.5) is 4.79 Å². The Kier molecular flexibility index (Phi) is 4.36. The van der Waals surface area contributed by atoms with Crippen molar-refractivity contribution < 1.29 is 14.3 Å². The summed E-state index contributed by atoms with van der Waals surface area (Å²) in [6, 6.07) is 6.12. The molecule has 130 valence electrons. The van der Waals surface area contributed by atoms with Crippen LogP contribution in [0.15, 0.2) is 22.7 Å². The summed E-state index contributed by atoms with van der Waals surface area (Å²) in [6.07, 6.45) is 1.30. The summed E-state index contributed by atoms with van der Waals surface area (Å²) in [7, 11) is 1.77. The summed E-state index contributed by atoms with van der Waals surface area (Å²) in [5.41, 5.74) is 1.37. The van der Waals surface area contributed by atoms with E-state index in [0.29, 0.717) is 6.54 Å². The molecule has 3 rings (SSSR count). The van der Waals surface area contributed by atoms with E-state index >= 15 is 0 Å². The Labute approximate surface area is 151 Å². The molecule has 0 bridgehead atoms.